The Morgan fingerprint density at radius 2 is 2.29 bits per heavy atom. The zero-order valence-electron chi connectivity index (χ0n) is 7.47. The van der Waals surface area contributed by atoms with Crippen LogP contribution in [0.4, 0.5) is 5.82 Å². The highest BCUT2D eigenvalue weighted by molar-refractivity contribution is 7.13. The van der Waals surface area contributed by atoms with Crippen molar-refractivity contribution in [3.63, 3.8) is 0 Å². The second kappa shape index (κ2) is 3.73. The molecule has 2 heterocycles. The van der Waals surface area contributed by atoms with Crippen LogP contribution in [0.2, 0.25) is 0 Å². The molecule has 4 N–H and O–H groups in total. The highest BCUT2D eigenvalue weighted by Crippen LogP contribution is 2.26. The summed E-state index contributed by atoms with van der Waals surface area (Å²) >= 11 is 1.53. The minimum Gasteiger partial charge on any atom is -0.383 e. The van der Waals surface area contributed by atoms with Crippen molar-refractivity contribution in [3.8, 4) is 10.6 Å². The molecule has 0 aliphatic rings. The first-order chi connectivity index (χ1) is 6.81. The van der Waals surface area contributed by atoms with Gasteiger partial charge in [0.15, 0.2) is 0 Å². The average molecular weight is 206 g/mol. The Morgan fingerprint density at radius 1 is 1.43 bits per heavy atom. The summed E-state index contributed by atoms with van der Waals surface area (Å²) < 4.78 is 0. The second-order valence-electron chi connectivity index (χ2n) is 2.78. The fourth-order valence-electron chi connectivity index (χ4n) is 1.12. The number of nitrogens with zero attached hydrogens (tertiary/aromatic N) is 2. The number of anilines is 1. The minimum atomic E-state index is 0.455. The summed E-state index contributed by atoms with van der Waals surface area (Å²) in [5, 5.41) is 2.80. The molecule has 0 amide bonds. The van der Waals surface area contributed by atoms with E-state index in [0.717, 1.165) is 16.3 Å². The lowest BCUT2D eigenvalue weighted by atomic mass is 10.3. The molecular weight excluding hydrogens is 196 g/mol. The van der Waals surface area contributed by atoms with E-state index in [1.54, 1.807) is 6.20 Å². The van der Waals surface area contributed by atoms with Crippen molar-refractivity contribution in [2.24, 2.45) is 5.73 Å². The molecule has 0 radical (unpaired) electrons. The van der Waals surface area contributed by atoms with Crippen LogP contribution in [0.25, 0.3) is 10.6 Å². The van der Waals surface area contributed by atoms with Gasteiger partial charge in [0.1, 0.15) is 10.8 Å². The fourth-order valence-corrected chi connectivity index (χ4v) is 1.99. The molecule has 2 rings (SSSR count). The molecule has 14 heavy (non-hydrogen) atoms. The monoisotopic (exact) mass is 206 g/mol. The maximum atomic E-state index is 5.73. The highest BCUT2D eigenvalue weighted by atomic mass is 32.1. The smallest absolute Gasteiger partial charge is 0.133 e. The maximum Gasteiger partial charge on any atom is 0.133 e. The molecule has 0 spiro atoms. The van der Waals surface area contributed by atoms with E-state index in [2.05, 4.69) is 9.97 Å². The molecular formula is C9H10N4S. The van der Waals surface area contributed by atoms with Gasteiger partial charge in [-0.2, -0.15) is 0 Å². The van der Waals surface area contributed by atoms with Crippen molar-refractivity contribution < 1.29 is 0 Å². The number of hydrogen-bond acceptors (Lipinski definition) is 5. The predicted molar refractivity (Wildman–Crippen MR) is 57.6 cm³/mol. The van der Waals surface area contributed by atoms with E-state index in [4.69, 9.17) is 11.5 Å². The van der Waals surface area contributed by atoms with Crippen molar-refractivity contribution >= 4 is 17.2 Å². The summed E-state index contributed by atoms with van der Waals surface area (Å²) in [6, 6.07) is 3.75. The van der Waals surface area contributed by atoms with E-state index in [1.807, 2.05) is 17.5 Å². The van der Waals surface area contributed by atoms with E-state index in [0.29, 0.717) is 12.4 Å². The van der Waals surface area contributed by atoms with Gasteiger partial charge in [-0.15, -0.1) is 11.3 Å². The standard InChI is InChI=1S/C9H10N4S/c10-4-6-5-14-9(13-6)7-2-1-3-12-8(7)11/h1-3,5H,4,10H2,(H2,11,12). The molecule has 0 saturated heterocycles. The first kappa shape index (κ1) is 9.11. The third kappa shape index (κ3) is 1.59. The highest BCUT2D eigenvalue weighted by Gasteiger charge is 2.06. The lowest BCUT2D eigenvalue weighted by Gasteiger charge is -1.98. The zero-order valence-corrected chi connectivity index (χ0v) is 8.29. The van der Waals surface area contributed by atoms with E-state index < -0.39 is 0 Å². The number of pyridine rings is 1. The molecule has 72 valence electrons. The van der Waals surface area contributed by atoms with Crippen LogP contribution in [0, 0.1) is 0 Å². The molecule has 0 aliphatic heterocycles. The number of hydrogen-bond donors (Lipinski definition) is 2. The van der Waals surface area contributed by atoms with Gasteiger partial charge in [-0.05, 0) is 12.1 Å². The van der Waals surface area contributed by atoms with Crippen LogP contribution in [0.1, 0.15) is 5.69 Å². The quantitative estimate of drug-likeness (QED) is 0.775. The number of nitrogen functional groups attached to an aromatic ring is 1. The van der Waals surface area contributed by atoms with Crippen molar-refractivity contribution in [1.82, 2.24) is 9.97 Å². The normalized spacial score (nSPS) is 10.4. The van der Waals surface area contributed by atoms with Crippen LogP contribution in [-0.2, 0) is 6.54 Å². The Morgan fingerprint density at radius 3 is 2.93 bits per heavy atom. The van der Waals surface area contributed by atoms with Crippen LogP contribution in [0.3, 0.4) is 0 Å². The molecule has 0 saturated carbocycles. The molecule has 4 nitrogen and oxygen atoms in total. The topological polar surface area (TPSA) is 77.8 Å². The van der Waals surface area contributed by atoms with Gasteiger partial charge in [0.25, 0.3) is 0 Å². The Balaban J connectivity index is 2.44. The summed E-state index contributed by atoms with van der Waals surface area (Å²) in [7, 11) is 0. The van der Waals surface area contributed by atoms with E-state index in [9.17, 15) is 0 Å². The van der Waals surface area contributed by atoms with Crippen LogP contribution in [-0.4, -0.2) is 9.97 Å². The van der Waals surface area contributed by atoms with Crippen molar-refractivity contribution in [1.29, 1.82) is 0 Å². The number of nitrogens with two attached hydrogens (primary N) is 2. The van der Waals surface area contributed by atoms with Gasteiger partial charge in [0.05, 0.1) is 11.3 Å². The van der Waals surface area contributed by atoms with Gasteiger partial charge in [-0.3, -0.25) is 0 Å². The molecule has 0 aromatic carbocycles. The average Bonchev–Trinajstić information content (AvgIpc) is 2.67. The van der Waals surface area contributed by atoms with Crippen LogP contribution >= 0.6 is 11.3 Å². The van der Waals surface area contributed by atoms with Gasteiger partial charge in [-0.25, -0.2) is 9.97 Å². The van der Waals surface area contributed by atoms with Gasteiger partial charge < -0.3 is 11.5 Å². The van der Waals surface area contributed by atoms with Crippen molar-refractivity contribution in [3.05, 3.63) is 29.4 Å². The van der Waals surface area contributed by atoms with E-state index in [-0.39, 0.29) is 0 Å². The summed E-state index contributed by atoms with van der Waals surface area (Å²) in [4.78, 5) is 8.34. The SMILES string of the molecule is NCc1csc(-c2cccnc2N)n1. The molecule has 2 aromatic rings. The Labute approximate surface area is 85.6 Å². The van der Waals surface area contributed by atoms with E-state index >= 15 is 0 Å². The third-order valence-electron chi connectivity index (χ3n) is 1.83. The third-order valence-corrected chi connectivity index (χ3v) is 2.75. The van der Waals surface area contributed by atoms with Gasteiger partial charge in [0, 0.05) is 18.1 Å². The summed E-state index contributed by atoms with van der Waals surface area (Å²) in [6.07, 6.45) is 1.66. The Kier molecular flexibility index (Phi) is 2.43. The second-order valence-corrected chi connectivity index (χ2v) is 3.64. The number of aromatic nitrogens is 2. The Bertz CT molecular complexity index is 438. The minimum absolute atomic E-state index is 0.455. The first-order valence-corrected chi connectivity index (χ1v) is 5.04. The molecule has 0 aliphatic carbocycles. The number of thiazole rings is 1. The first-order valence-electron chi connectivity index (χ1n) is 4.16. The largest absolute Gasteiger partial charge is 0.383 e. The maximum absolute atomic E-state index is 5.73. The number of rotatable bonds is 2. The lowest BCUT2D eigenvalue weighted by Crippen LogP contribution is -1.96. The molecule has 0 atom stereocenters. The summed E-state index contributed by atoms with van der Waals surface area (Å²) in [5.41, 5.74) is 13.0. The predicted octanol–water partition coefficient (Wildman–Crippen LogP) is 1.25. The molecule has 0 bridgehead atoms. The van der Waals surface area contributed by atoms with Gasteiger partial charge in [0.2, 0.25) is 0 Å². The zero-order chi connectivity index (χ0) is 9.97. The van der Waals surface area contributed by atoms with Gasteiger partial charge in [-0.1, -0.05) is 0 Å². The van der Waals surface area contributed by atoms with E-state index in [1.165, 1.54) is 11.3 Å². The van der Waals surface area contributed by atoms with Gasteiger partial charge >= 0.3 is 0 Å². The lowest BCUT2D eigenvalue weighted by molar-refractivity contribution is 1.01. The van der Waals surface area contributed by atoms with Crippen molar-refractivity contribution in [2.75, 3.05) is 5.73 Å². The molecule has 0 unspecified atom stereocenters. The summed E-state index contributed by atoms with van der Waals surface area (Å²) in [6.45, 7) is 0.455. The van der Waals surface area contributed by atoms with Crippen LogP contribution < -0.4 is 11.5 Å². The van der Waals surface area contributed by atoms with Crippen LogP contribution in [0.5, 0.6) is 0 Å². The summed E-state index contributed by atoms with van der Waals surface area (Å²) in [5.74, 6) is 0.505. The molecule has 5 heteroatoms. The molecule has 0 fully saturated rings. The van der Waals surface area contributed by atoms with Crippen molar-refractivity contribution in [2.45, 2.75) is 6.54 Å². The Hall–Kier alpha value is -1.46. The molecule has 2 aromatic heterocycles. The van der Waals surface area contributed by atoms with Crippen LogP contribution in [0.15, 0.2) is 23.7 Å². The fraction of sp³-hybridized carbons (Fsp3) is 0.111.